The molecule has 0 bridgehead atoms. The van der Waals surface area contributed by atoms with Gasteiger partial charge in [-0.3, -0.25) is 9.78 Å². The maximum Gasteiger partial charge on any atom is 0.432 e. The number of aromatic nitrogens is 1. The molecule has 0 radical (unpaired) electrons. The second-order valence-corrected chi connectivity index (χ2v) is 8.23. The maximum absolute atomic E-state index is 15.9. The number of hydrazine groups is 1. The average molecular weight is 450 g/mol. The molecule has 1 aromatic carbocycles. The Bertz CT molecular complexity index is 1060. The average Bonchev–Trinajstić information content (AvgIpc) is 3.47. The van der Waals surface area contributed by atoms with Crippen LogP contribution in [0, 0.1) is 11.7 Å². The number of benzene rings is 1. The lowest BCUT2D eigenvalue weighted by molar-refractivity contribution is -0.123. The number of carbonyl (C=O) groups excluding carboxylic acids is 1. The standard InChI is InChI=1S/C22H22F4N4O2/c23-18-15(20(19(27)31)11-17(29-30-20)22(24,25)26)4-1-5-16(18)21(32,9-8-13-6-7-13)14-3-2-10-28-12-14/h1-5,10-13,29-30,32H,6-9H2,(H2,27,31). The number of carbonyl (C=O) groups is 1. The number of aliphatic hydroxyl groups is 1. The van der Waals surface area contributed by atoms with E-state index in [0.717, 1.165) is 12.8 Å². The molecular weight excluding hydrogens is 428 g/mol. The third kappa shape index (κ3) is 3.84. The van der Waals surface area contributed by atoms with E-state index in [1.807, 2.05) is 5.43 Å². The van der Waals surface area contributed by atoms with Gasteiger partial charge in [0.1, 0.15) is 17.1 Å². The largest absolute Gasteiger partial charge is 0.432 e. The minimum Gasteiger partial charge on any atom is -0.380 e. The Morgan fingerprint density at radius 2 is 2.00 bits per heavy atom. The van der Waals surface area contributed by atoms with Gasteiger partial charge in [-0.2, -0.15) is 13.2 Å². The molecule has 170 valence electrons. The molecule has 4 rings (SSSR count). The van der Waals surface area contributed by atoms with Crippen LogP contribution < -0.4 is 16.6 Å². The van der Waals surface area contributed by atoms with Crippen LogP contribution in [0.3, 0.4) is 0 Å². The van der Waals surface area contributed by atoms with Gasteiger partial charge in [-0.1, -0.05) is 37.1 Å². The van der Waals surface area contributed by atoms with Crippen LogP contribution in [0.5, 0.6) is 0 Å². The van der Waals surface area contributed by atoms with E-state index < -0.39 is 40.3 Å². The van der Waals surface area contributed by atoms with Crippen molar-refractivity contribution in [2.45, 2.75) is 43.0 Å². The third-order valence-corrected chi connectivity index (χ3v) is 6.07. The van der Waals surface area contributed by atoms with Crippen molar-refractivity contribution in [1.29, 1.82) is 0 Å². The fourth-order valence-electron chi connectivity index (χ4n) is 4.04. The number of hydrogen-bond acceptors (Lipinski definition) is 5. The lowest BCUT2D eigenvalue weighted by Crippen LogP contribution is -2.52. The molecule has 5 N–H and O–H groups in total. The minimum absolute atomic E-state index is 0.167. The first-order valence-corrected chi connectivity index (χ1v) is 10.1. The number of halogens is 4. The van der Waals surface area contributed by atoms with Gasteiger partial charge in [0.2, 0.25) is 5.91 Å². The van der Waals surface area contributed by atoms with Crippen molar-refractivity contribution < 1.29 is 27.5 Å². The van der Waals surface area contributed by atoms with Gasteiger partial charge >= 0.3 is 6.18 Å². The van der Waals surface area contributed by atoms with Gasteiger partial charge in [0, 0.05) is 29.1 Å². The van der Waals surface area contributed by atoms with Crippen LogP contribution in [-0.4, -0.2) is 22.2 Å². The van der Waals surface area contributed by atoms with Crippen molar-refractivity contribution in [3.8, 4) is 0 Å². The first kappa shape index (κ1) is 22.2. The van der Waals surface area contributed by atoms with E-state index in [9.17, 15) is 23.1 Å². The van der Waals surface area contributed by atoms with E-state index >= 15 is 4.39 Å². The number of primary amides is 1. The van der Waals surface area contributed by atoms with Crippen molar-refractivity contribution >= 4 is 5.91 Å². The number of nitrogens with one attached hydrogen (secondary N) is 2. The van der Waals surface area contributed by atoms with E-state index in [-0.39, 0.29) is 12.0 Å². The molecular formula is C22H22F4N4O2. The highest BCUT2D eigenvalue weighted by Gasteiger charge is 2.50. The van der Waals surface area contributed by atoms with Gasteiger partial charge in [0.25, 0.3) is 0 Å². The topological polar surface area (TPSA) is 100 Å². The zero-order valence-corrected chi connectivity index (χ0v) is 16.9. The van der Waals surface area contributed by atoms with E-state index in [0.29, 0.717) is 24.0 Å². The molecule has 1 amide bonds. The van der Waals surface area contributed by atoms with Crippen LogP contribution in [0.2, 0.25) is 0 Å². The van der Waals surface area contributed by atoms with Gasteiger partial charge in [-0.15, -0.1) is 0 Å². The second kappa shape index (κ2) is 7.86. The molecule has 1 aromatic heterocycles. The van der Waals surface area contributed by atoms with E-state index in [4.69, 9.17) is 5.73 Å². The zero-order valence-electron chi connectivity index (χ0n) is 16.9. The highest BCUT2D eigenvalue weighted by Crippen LogP contribution is 2.43. The summed E-state index contributed by atoms with van der Waals surface area (Å²) in [6.45, 7) is 0. The number of nitrogens with two attached hydrogens (primary N) is 1. The number of hydrogen-bond donors (Lipinski definition) is 4. The quantitative estimate of drug-likeness (QED) is 0.486. The minimum atomic E-state index is -4.81. The fraction of sp³-hybridized carbons (Fsp3) is 0.364. The maximum atomic E-state index is 15.9. The smallest absolute Gasteiger partial charge is 0.380 e. The Labute approximate surface area is 181 Å². The van der Waals surface area contributed by atoms with Crippen LogP contribution in [-0.2, 0) is 15.9 Å². The molecule has 2 aliphatic rings. The van der Waals surface area contributed by atoms with Gasteiger partial charge in [0.05, 0.1) is 0 Å². The predicted molar refractivity (Wildman–Crippen MR) is 107 cm³/mol. The van der Waals surface area contributed by atoms with Gasteiger partial charge in [-0.05, 0) is 30.9 Å². The summed E-state index contributed by atoms with van der Waals surface area (Å²) in [6, 6.07) is 7.10. The normalized spacial score (nSPS) is 22.7. The number of pyridine rings is 1. The molecule has 2 unspecified atom stereocenters. The van der Waals surface area contributed by atoms with Gasteiger partial charge in [-0.25, -0.2) is 9.82 Å². The van der Waals surface area contributed by atoms with Gasteiger partial charge < -0.3 is 16.3 Å². The van der Waals surface area contributed by atoms with Crippen molar-refractivity contribution in [1.82, 2.24) is 15.8 Å². The van der Waals surface area contributed by atoms with E-state index in [1.54, 1.807) is 12.1 Å². The SMILES string of the molecule is NC(=O)C1(c2cccc(C(O)(CCC3CC3)c3cccnc3)c2F)C=C(C(F)(F)F)NN1. The first-order chi connectivity index (χ1) is 15.1. The van der Waals surface area contributed by atoms with Crippen LogP contribution >= 0.6 is 0 Å². The number of amides is 1. The molecule has 0 saturated heterocycles. The molecule has 1 aliphatic carbocycles. The Balaban J connectivity index is 1.85. The summed E-state index contributed by atoms with van der Waals surface area (Å²) in [5, 5.41) is 11.7. The predicted octanol–water partition coefficient (Wildman–Crippen LogP) is 2.88. The van der Waals surface area contributed by atoms with Crippen LogP contribution in [0.15, 0.2) is 54.5 Å². The first-order valence-electron chi connectivity index (χ1n) is 10.1. The number of nitrogens with zero attached hydrogens (tertiary/aromatic N) is 1. The summed E-state index contributed by atoms with van der Waals surface area (Å²) in [5.41, 5.74) is 3.89. The van der Waals surface area contributed by atoms with Crippen molar-refractivity contribution in [2.24, 2.45) is 11.7 Å². The van der Waals surface area contributed by atoms with Crippen molar-refractivity contribution in [3.63, 3.8) is 0 Å². The molecule has 2 heterocycles. The summed E-state index contributed by atoms with van der Waals surface area (Å²) in [7, 11) is 0. The summed E-state index contributed by atoms with van der Waals surface area (Å²) < 4.78 is 55.5. The number of rotatable bonds is 7. The molecule has 32 heavy (non-hydrogen) atoms. The van der Waals surface area contributed by atoms with Crippen molar-refractivity contribution in [3.05, 3.63) is 77.0 Å². The zero-order chi connectivity index (χ0) is 23.1. The lowest BCUT2D eigenvalue weighted by Gasteiger charge is -2.32. The van der Waals surface area contributed by atoms with Crippen molar-refractivity contribution in [2.75, 3.05) is 0 Å². The molecule has 2 atom stereocenters. The van der Waals surface area contributed by atoms with E-state index in [1.165, 1.54) is 30.6 Å². The Hall–Kier alpha value is -2.98. The molecule has 1 saturated carbocycles. The molecule has 1 aliphatic heterocycles. The summed E-state index contributed by atoms with van der Waals surface area (Å²) in [5.74, 6) is -1.83. The summed E-state index contributed by atoms with van der Waals surface area (Å²) >= 11 is 0. The molecule has 2 aromatic rings. The Morgan fingerprint density at radius 1 is 1.25 bits per heavy atom. The Morgan fingerprint density at radius 3 is 2.56 bits per heavy atom. The highest BCUT2D eigenvalue weighted by atomic mass is 19.4. The second-order valence-electron chi connectivity index (χ2n) is 8.23. The third-order valence-electron chi connectivity index (χ3n) is 6.07. The highest BCUT2D eigenvalue weighted by molar-refractivity contribution is 5.89. The molecule has 0 spiro atoms. The van der Waals surface area contributed by atoms with Gasteiger partial charge in [0.15, 0.2) is 5.54 Å². The fourth-order valence-corrected chi connectivity index (χ4v) is 4.04. The van der Waals surface area contributed by atoms with Crippen LogP contribution in [0.25, 0.3) is 0 Å². The molecule has 6 nitrogen and oxygen atoms in total. The molecule has 1 fully saturated rings. The lowest BCUT2D eigenvalue weighted by atomic mass is 9.79. The van der Waals surface area contributed by atoms with E-state index in [2.05, 4.69) is 10.4 Å². The van der Waals surface area contributed by atoms with Crippen LogP contribution in [0.4, 0.5) is 17.6 Å². The number of allylic oxidation sites excluding steroid dienone is 1. The molecule has 10 heteroatoms. The Kier molecular flexibility index (Phi) is 5.46. The van der Waals surface area contributed by atoms with Crippen LogP contribution in [0.1, 0.15) is 42.4 Å². The monoisotopic (exact) mass is 450 g/mol. The summed E-state index contributed by atoms with van der Waals surface area (Å²) in [6.07, 6.45) is 1.51. The summed E-state index contributed by atoms with van der Waals surface area (Å²) in [4.78, 5) is 16.3. The number of alkyl halides is 3.